The summed E-state index contributed by atoms with van der Waals surface area (Å²) < 4.78 is 20.5. The van der Waals surface area contributed by atoms with Crippen molar-refractivity contribution in [2.24, 2.45) is 7.05 Å². The third-order valence-electron chi connectivity index (χ3n) is 4.57. The number of carbonyl (C=O) groups is 1. The molecule has 128 valence electrons. The molecule has 3 heterocycles. The van der Waals surface area contributed by atoms with Crippen LogP contribution in [0.4, 0.5) is 4.39 Å². The quantitative estimate of drug-likeness (QED) is 0.729. The van der Waals surface area contributed by atoms with Gasteiger partial charge in [0, 0.05) is 30.9 Å². The van der Waals surface area contributed by atoms with Crippen molar-refractivity contribution < 1.29 is 13.6 Å². The van der Waals surface area contributed by atoms with E-state index in [1.807, 2.05) is 24.3 Å². The molecular weight excluding hydrogens is 321 g/mol. The van der Waals surface area contributed by atoms with Crippen LogP contribution in [0.2, 0.25) is 0 Å². The molecule has 5 nitrogen and oxygen atoms in total. The van der Waals surface area contributed by atoms with Crippen molar-refractivity contribution in [1.82, 2.24) is 14.7 Å². The number of hydrogen-bond donors (Lipinski definition) is 0. The highest BCUT2D eigenvalue weighted by molar-refractivity contribution is 5.92. The SMILES string of the molecule is Cn1cc([C@@H]2CCCN2C(=O)c2ccc(-c3ccc(F)cc3)o2)cn1. The molecule has 1 atom stereocenters. The zero-order valence-electron chi connectivity index (χ0n) is 13.9. The first-order chi connectivity index (χ1) is 12.1. The lowest BCUT2D eigenvalue weighted by Gasteiger charge is -2.22. The van der Waals surface area contributed by atoms with E-state index in [1.54, 1.807) is 28.9 Å². The van der Waals surface area contributed by atoms with E-state index in [2.05, 4.69) is 5.10 Å². The molecule has 25 heavy (non-hydrogen) atoms. The van der Waals surface area contributed by atoms with E-state index in [0.29, 0.717) is 18.1 Å². The zero-order valence-corrected chi connectivity index (χ0v) is 13.9. The standard InChI is InChI=1S/C19H18FN3O2/c1-22-12-14(11-21-22)16-3-2-10-23(16)19(24)18-9-8-17(25-18)13-4-6-15(20)7-5-13/h4-9,11-12,16H,2-3,10H2,1H3/t16-/m0/s1. The summed E-state index contributed by atoms with van der Waals surface area (Å²) in [5.74, 6) is 0.429. The van der Waals surface area contributed by atoms with Crippen LogP contribution in [-0.2, 0) is 7.05 Å². The molecule has 6 heteroatoms. The molecule has 0 aliphatic carbocycles. The highest BCUT2D eigenvalue weighted by Gasteiger charge is 2.32. The number of aryl methyl sites for hydroxylation is 1. The van der Waals surface area contributed by atoms with Crippen molar-refractivity contribution in [3.05, 3.63) is 65.9 Å². The predicted molar refractivity (Wildman–Crippen MR) is 90.3 cm³/mol. The van der Waals surface area contributed by atoms with Gasteiger partial charge in [-0.3, -0.25) is 9.48 Å². The number of halogens is 1. The normalized spacial score (nSPS) is 17.2. The Morgan fingerprint density at radius 1 is 1.24 bits per heavy atom. The Bertz CT molecular complexity index is 898. The van der Waals surface area contributed by atoms with Crippen LogP contribution in [-0.4, -0.2) is 27.1 Å². The highest BCUT2D eigenvalue weighted by atomic mass is 19.1. The van der Waals surface area contributed by atoms with E-state index >= 15 is 0 Å². The van der Waals surface area contributed by atoms with E-state index in [1.165, 1.54) is 12.1 Å². The minimum Gasteiger partial charge on any atom is -0.451 e. The average molecular weight is 339 g/mol. The number of furan rings is 1. The maximum absolute atomic E-state index is 13.0. The molecule has 3 aromatic rings. The number of rotatable bonds is 3. The van der Waals surface area contributed by atoms with Gasteiger partial charge in [-0.1, -0.05) is 0 Å². The molecule has 0 saturated carbocycles. The van der Waals surface area contributed by atoms with Crippen LogP contribution >= 0.6 is 0 Å². The van der Waals surface area contributed by atoms with Gasteiger partial charge in [-0.15, -0.1) is 0 Å². The van der Waals surface area contributed by atoms with Crippen molar-refractivity contribution in [1.29, 1.82) is 0 Å². The summed E-state index contributed by atoms with van der Waals surface area (Å²) in [4.78, 5) is 14.7. The molecule has 0 spiro atoms. The third kappa shape index (κ3) is 2.95. The maximum Gasteiger partial charge on any atom is 0.290 e. The lowest BCUT2D eigenvalue weighted by molar-refractivity contribution is 0.0704. The van der Waals surface area contributed by atoms with Crippen molar-refractivity contribution in [3.63, 3.8) is 0 Å². The minimum absolute atomic E-state index is 0.0283. The monoisotopic (exact) mass is 339 g/mol. The van der Waals surface area contributed by atoms with E-state index in [4.69, 9.17) is 4.42 Å². The van der Waals surface area contributed by atoms with Gasteiger partial charge in [0.15, 0.2) is 5.76 Å². The summed E-state index contributed by atoms with van der Waals surface area (Å²) in [5, 5.41) is 4.20. The largest absolute Gasteiger partial charge is 0.451 e. The van der Waals surface area contributed by atoms with E-state index in [9.17, 15) is 9.18 Å². The lowest BCUT2D eigenvalue weighted by Crippen LogP contribution is -2.30. The second kappa shape index (κ2) is 6.20. The predicted octanol–water partition coefficient (Wildman–Crippen LogP) is 3.80. The molecule has 0 N–H and O–H groups in total. The fourth-order valence-corrected chi connectivity index (χ4v) is 3.33. The molecule has 1 aliphatic rings. The Kier molecular flexibility index (Phi) is 3.87. The summed E-state index contributed by atoms with van der Waals surface area (Å²) in [6.07, 6.45) is 5.63. The van der Waals surface area contributed by atoms with Crippen LogP contribution in [0, 0.1) is 5.82 Å². The van der Waals surface area contributed by atoms with Crippen LogP contribution in [0.1, 0.15) is 35.0 Å². The molecular formula is C19H18FN3O2. The Morgan fingerprint density at radius 2 is 2.04 bits per heavy atom. The third-order valence-corrected chi connectivity index (χ3v) is 4.57. The first-order valence-corrected chi connectivity index (χ1v) is 8.27. The van der Waals surface area contributed by atoms with Gasteiger partial charge in [0.25, 0.3) is 5.91 Å². The Hall–Kier alpha value is -2.89. The fourth-order valence-electron chi connectivity index (χ4n) is 3.33. The van der Waals surface area contributed by atoms with Gasteiger partial charge in [0.2, 0.25) is 0 Å². The van der Waals surface area contributed by atoms with Gasteiger partial charge in [0.1, 0.15) is 11.6 Å². The second-order valence-corrected chi connectivity index (χ2v) is 6.27. The van der Waals surface area contributed by atoms with E-state index in [-0.39, 0.29) is 17.8 Å². The zero-order chi connectivity index (χ0) is 17.4. The van der Waals surface area contributed by atoms with Gasteiger partial charge in [-0.2, -0.15) is 5.10 Å². The Labute approximate surface area is 144 Å². The number of carbonyl (C=O) groups excluding carboxylic acids is 1. The van der Waals surface area contributed by atoms with Gasteiger partial charge in [-0.05, 0) is 49.2 Å². The maximum atomic E-state index is 13.0. The van der Waals surface area contributed by atoms with Crippen molar-refractivity contribution >= 4 is 5.91 Å². The molecule has 1 saturated heterocycles. The van der Waals surface area contributed by atoms with Crippen LogP contribution in [0.15, 0.2) is 53.2 Å². The average Bonchev–Trinajstić information content (AvgIpc) is 3.35. The topological polar surface area (TPSA) is 51.3 Å². The first kappa shape index (κ1) is 15.6. The van der Waals surface area contributed by atoms with Crippen LogP contribution in [0.3, 0.4) is 0 Å². The number of aromatic nitrogens is 2. The molecule has 0 unspecified atom stereocenters. The second-order valence-electron chi connectivity index (χ2n) is 6.27. The highest BCUT2D eigenvalue weighted by Crippen LogP contribution is 2.33. The Balaban J connectivity index is 1.57. The smallest absolute Gasteiger partial charge is 0.290 e. The number of likely N-dealkylation sites (tertiary alicyclic amines) is 1. The van der Waals surface area contributed by atoms with Crippen molar-refractivity contribution in [3.8, 4) is 11.3 Å². The number of nitrogens with zero attached hydrogens (tertiary/aromatic N) is 3. The number of benzene rings is 1. The molecule has 4 rings (SSSR count). The fraction of sp³-hybridized carbons (Fsp3) is 0.263. The molecule has 0 bridgehead atoms. The molecule has 1 aliphatic heterocycles. The van der Waals surface area contributed by atoms with Gasteiger partial charge in [-0.25, -0.2) is 4.39 Å². The summed E-state index contributed by atoms with van der Waals surface area (Å²) in [5.41, 5.74) is 1.78. The summed E-state index contributed by atoms with van der Waals surface area (Å²) in [6.45, 7) is 0.699. The van der Waals surface area contributed by atoms with Gasteiger partial charge >= 0.3 is 0 Å². The minimum atomic E-state index is -0.303. The van der Waals surface area contributed by atoms with E-state index < -0.39 is 0 Å². The number of hydrogen-bond acceptors (Lipinski definition) is 3. The lowest BCUT2D eigenvalue weighted by atomic mass is 10.1. The van der Waals surface area contributed by atoms with Crippen molar-refractivity contribution in [2.75, 3.05) is 6.54 Å². The summed E-state index contributed by atoms with van der Waals surface area (Å²) in [6, 6.07) is 9.47. The molecule has 1 aromatic carbocycles. The summed E-state index contributed by atoms with van der Waals surface area (Å²) in [7, 11) is 1.87. The first-order valence-electron chi connectivity index (χ1n) is 8.27. The molecule has 2 aromatic heterocycles. The van der Waals surface area contributed by atoms with Crippen LogP contribution in [0.5, 0.6) is 0 Å². The van der Waals surface area contributed by atoms with Gasteiger partial charge in [0.05, 0.1) is 12.2 Å². The molecule has 1 amide bonds. The van der Waals surface area contributed by atoms with Crippen LogP contribution in [0.25, 0.3) is 11.3 Å². The van der Waals surface area contributed by atoms with E-state index in [0.717, 1.165) is 24.0 Å². The van der Waals surface area contributed by atoms with Crippen molar-refractivity contribution in [2.45, 2.75) is 18.9 Å². The number of amides is 1. The summed E-state index contributed by atoms with van der Waals surface area (Å²) >= 11 is 0. The molecule has 0 radical (unpaired) electrons. The van der Waals surface area contributed by atoms with Crippen LogP contribution < -0.4 is 0 Å². The van der Waals surface area contributed by atoms with Gasteiger partial charge < -0.3 is 9.32 Å². The Morgan fingerprint density at radius 3 is 2.76 bits per heavy atom. The molecule has 1 fully saturated rings.